The Morgan fingerprint density at radius 1 is 1.12 bits per heavy atom. The van der Waals surface area contributed by atoms with Crippen molar-refractivity contribution in [1.82, 2.24) is 4.90 Å². The van der Waals surface area contributed by atoms with Gasteiger partial charge in [-0.05, 0) is 37.5 Å². The third kappa shape index (κ3) is 3.88. The molecule has 0 aromatic heterocycles. The molecule has 0 spiro atoms. The number of amides is 3. The van der Waals surface area contributed by atoms with Gasteiger partial charge in [-0.25, -0.2) is 0 Å². The van der Waals surface area contributed by atoms with E-state index >= 15 is 0 Å². The summed E-state index contributed by atoms with van der Waals surface area (Å²) in [5, 5.41) is 3.56. The number of nitrogens with zero attached hydrogens (tertiary/aromatic N) is 1. The number of rotatable bonds is 5. The molecule has 7 heteroatoms. The minimum Gasteiger partial charge on any atom is -0.325 e. The Labute approximate surface area is 156 Å². The molecule has 1 saturated heterocycles. The highest BCUT2D eigenvalue weighted by Gasteiger charge is 2.46. The fourth-order valence-corrected chi connectivity index (χ4v) is 3.75. The lowest BCUT2D eigenvalue weighted by Crippen LogP contribution is -2.32. The van der Waals surface area contributed by atoms with Crippen molar-refractivity contribution in [2.45, 2.75) is 25.7 Å². The van der Waals surface area contributed by atoms with E-state index in [2.05, 4.69) is 5.32 Å². The molecule has 0 saturated carbocycles. The minimum absolute atomic E-state index is 0.111. The first kappa shape index (κ1) is 18.0. The van der Waals surface area contributed by atoms with Crippen LogP contribution in [0, 0.1) is 11.8 Å². The third-order valence-electron chi connectivity index (χ3n) is 4.59. The van der Waals surface area contributed by atoms with E-state index in [4.69, 9.17) is 23.2 Å². The summed E-state index contributed by atoms with van der Waals surface area (Å²) in [6.07, 6.45) is 5.78. The molecule has 1 aromatic carbocycles. The first-order valence-electron chi connectivity index (χ1n) is 8.22. The molecule has 3 rings (SSSR count). The topological polar surface area (TPSA) is 66.5 Å². The van der Waals surface area contributed by atoms with E-state index in [0.29, 0.717) is 35.0 Å². The number of hydrogen-bond acceptors (Lipinski definition) is 3. The van der Waals surface area contributed by atoms with Crippen LogP contribution in [0.4, 0.5) is 5.69 Å². The van der Waals surface area contributed by atoms with Crippen molar-refractivity contribution in [3.05, 3.63) is 40.4 Å². The maximum atomic E-state index is 12.3. The van der Waals surface area contributed by atoms with Crippen molar-refractivity contribution in [1.29, 1.82) is 0 Å². The van der Waals surface area contributed by atoms with Crippen molar-refractivity contribution in [3.8, 4) is 0 Å². The lowest BCUT2D eigenvalue weighted by molar-refractivity contribution is -0.140. The van der Waals surface area contributed by atoms with Crippen LogP contribution in [0.15, 0.2) is 30.4 Å². The number of imide groups is 1. The van der Waals surface area contributed by atoms with Crippen molar-refractivity contribution < 1.29 is 14.4 Å². The van der Waals surface area contributed by atoms with E-state index in [1.54, 1.807) is 18.2 Å². The number of nitrogens with one attached hydrogen (secondary N) is 1. The molecule has 0 bridgehead atoms. The lowest BCUT2D eigenvalue weighted by Gasteiger charge is -2.14. The molecule has 0 unspecified atom stereocenters. The molecule has 1 aliphatic heterocycles. The zero-order valence-electron chi connectivity index (χ0n) is 13.5. The normalized spacial score (nSPS) is 22.2. The lowest BCUT2D eigenvalue weighted by atomic mass is 9.85. The third-order valence-corrected chi connectivity index (χ3v) is 5.14. The largest absolute Gasteiger partial charge is 0.325 e. The molecule has 1 N–H and O–H groups in total. The van der Waals surface area contributed by atoms with Gasteiger partial charge in [0.1, 0.15) is 0 Å². The molecule has 1 aromatic rings. The molecule has 0 radical (unpaired) electrons. The molecule has 1 aliphatic carbocycles. The van der Waals surface area contributed by atoms with Gasteiger partial charge in [0.05, 0.1) is 22.5 Å². The summed E-state index contributed by atoms with van der Waals surface area (Å²) in [6, 6.07) is 4.82. The molecule has 3 amide bonds. The number of carbonyl (C=O) groups excluding carboxylic acids is 3. The van der Waals surface area contributed by atoms with Gasteiger partial charge in [-0.3, -0.25) is 19.3 Å². The van der Waals surface area contributed by atoms with Gasteiger partial charge < -0.3 is 5.32 Å². The molecule has 5 nitrogen and oxygen atoms in total. The highest BCUT2D eigenvalue weighted by molar-refractivity contribution is 6.36. The average molecular weight is 381 g/mol. The standard InChI is InChI=1S/C18H18Cl2N2O3/c19-11-7-8-15(14(20)10-11)21-16(23)6-3-9-22-17(24)12-4-1-2-5-13(12)18(22)25/h1-2,7-8,10,12-13H,3-6,9H2,(H,21,23)/t12-,13-/m1/s1. The van der Waals surface area contributed by atoms with Crippen molar-refractivity contribution in [3.63, 3.8) is 0 Å². The van der Waals surface area contributed by atoms with E-state index in [-0.39, 0.29) is 42.5 Å². The van der Waals surface area contributed by atoms with E-state index in [1.165, 1.54) is 4.90 Å². The second kappa shape index (κ2) is 7.58. The Kier molecular flexibility index (Phi) is 5.45. The Morgan fingerprint density at radius 2 is 1.76 bits per heavy atom. The molecular weight excluding hydrogens is 363 g/mol. The zero-order valence-corrected chi connectivity index (χ0v) is 15.0. The van der Waals surface area contributed by atoms with Gasteiger partial charge in [0.15, 0.2) is 0 Å². The van der Waals surface area contributed by atoms with Gasteiger partial charge >= 0.3 is 0 Å². The van der Waals surface area contributed by atoms with E-state index < -0.39 is 0 Å². The van der Waals surface area contributed by atoms with Crippen LogP contribution in [0.2, 0.25) is 10.0 Å². The zero-order chi connectivity index (χ0) is 18.0. The summed E-state index contributed by atoms with van der Waals surface area (Å²) in [6.45, 7) is 0.270. The first-order chi connectivity index (χ1) is 12.0. The predicted molar refractivity (Wildman–Crippen MR) is 96.4 cm³/mol. The van der Waals surface area contributed by atoms with Crippen LogP contribution in [0.5, 0.6) is 0 Å². The van der Waals surface area contributed by atoms with Crippen LogP contribution in [-0.4, -0.2) is 29.2 Å². The summed E-state index contributed by atoms with van der Waals surface area (Å²) in [5.41, 5.74) is 0.487. The summed E-state index contributed by atoms with van der Waals surface area (Å²) < 4.78 is 0. The van der Waals surface area contributed by atoms with Crippen LogP contribution >= 0.6 is 23.2 Å². The Hall–Kier alpha value is -1.85. The van der Waals surface area contributed by atoms with Gasteiger partial charge in [-0.2, -0.15) is 0 Å². The Morgan fingerprint density at radius 3 is 2.36 bits per heavy atom. The van der Waals surface area contributed by atoms with Crippen LogP contribution in [-0.2, 0) is 14.4 Å². The summed E-state index contributed by atoms with van der Waals surface area (Å²) >= 11 is 11.8. The molecule has 2 aliphatic rings. The average Bonchev–Trinajstić information content (AvgIpc) is 2.83. The maximum Gasteiger partial charge on any atom is 0.233 e. The SMILES string of the molecule is O=C(CCCN1C(=O)[C@@H]2CC=CC[C@H]2C1=O)Nc1ccc(Cl)cc1Cl. The molecular formula is C18H18Cl2N2O3. The Balaban J connectivity index is 1.50. The molecule has 2 atom stereocenters. The number of carbonyl (C=O) groups is 3. The summed E-state index contributed by atoms with van der Waals surface area (Å²) in [7, 11) is 0. The number of likely N-dealkylation sites (tertiary alicyclic amines) is 1. The van der Waals surface area contributed by atoms with Gasteiger partial charge in [0.25, 0.3) is 0 Å². The van der Waals surface area contributed by atoms with E-state index in [9.17, 15) is 14.4 Å². The quantitative estimate of drug-likeness (QED) is 0.625. The maximum absolute atomic E-state index is 12.3. The molecule has 1 heterocycles. The summed E-state index contributed by atoms with van der Waals surface area (Å²) in [5.74, 6) is -0.887. The number of allylic oxidation sites excluding steroid dienone is 2. The highest BCUT2D eigenvalue weighted by Crippen LogP contribution is 2.35. The van der Waals surface area contributed by atoms with Crippen LogP contribution in [0.3, 0.4) is 0 Å². The second-order valence-corrected chi connectivity index (χ2v) is 7.10. The van der Waals surface area contributed by atoms with Crippen LogP contribution < -0.4 is 5.32 Å². The second-order valence-electron chi connectivity index (χ2n) is 6.26. The van der Waals surface area contributed by atoms with Gasteiger partial charge in [-0.1, -0.05) is 35.4 Å². The number of anilines is 1. The van der Waals surface area contributed by atoms with Crippen LogP contribution in [0.1, 0.15) is 25.7 Å². The van der Waals surface area contributed by atoms with Gasteiger partial charge in [0.2, 0.25) is 17.7 Å². The first-order valence-corrected chi connectivity index (χ1v) is 8.98. The van der Waals surface area contributed by atoms with Crippen molar-refractivity contribution >= 4 is 46.6 Å². The van der Waals surface area contributed by atoms with Gasteiger partial charge in [-0.15, -0.1) is 0 Å². The van der Waals surface area contributed by atoms with Crippen molar-refractivity contribution in [2.24, 2.45) is 11.8 Å². The number of benzene rings is 1. The molecule has 25 heavy (non-hydrogen) atoms. The van der Waals surface area contributed by atoms with Crippen LogP contribution in [0.25, 0.3) is 0 Å². The number of hydrogen-bond donors (Lipinski definition) is 1. The highest BCUT2D eigenvalue weighted by atomic mass is 35.5. The Bertz CT molecular complexity index is 722. The number of halogens is 2. The fraction of sp³-hybridized carbons (Fsp3) is 0.389. The predicted octanol–water partition coefficient (Wildman–Crippen LogP) is 3.66. The summed E-state index contributed by atoms with van der Waals surface area (Å²) in [4.78, 5) is 38.0. The smallest absolute Gasteiger partial charge is 0.233 e. The van der Waals surface area contributed by atoms with Gasteiger partial charge in [0, 0.05) is 18.0 Å². The van der Waals surface area contributed by atoms with E-state index in [0.717, 1.165) is 0 Å². The van der Waals surface area contributed by atoms with E-state index in [1.807, 2.05) is 12.2 Å². The minimum atomic E-state index is -0.223. The monoisotopic (exact) mass is 380 g/mol. The molecule has 1 fully saturated rings. The van der Waals surface area contributed by atoms with Crippen molar-refractivity contribution in [2.75, 3.05) is 11.9 Å². The number of fused-ring (bicyclic) bond motifs is 1. The fourth-order valence-electron chi connectivity index (χ4n) is 3.29. The molecule has 132 valence electrons.